The fourth-order valence-corrected chi connectivity index (χ4v) is 4.77. The Bertz CT molecular complexity index is 1210. The summed E-state index contributed by atoms with van der Waals surface area (Å²) >= 11 is 0.910. The summed E-state index contributed by atoms with van der Waals surface area (Å²) in [6.45, 7) is 0. The Labute approximate surface area is 174 Å². The number of carboxylic acid groups (broad SMARTS) is 1. The molecule has 2 aromatic carbocycles. The normalized spacial score (nSPS) is 11.0. The van der Waals surface area contributed by atoms with Crippen molar-refractivity contribution in [1.29, 1.82) is 0 Å². The quantitative estimate of drug-likeness (QED) is 0.310. The fraction of sp³-hybridized carbons (Fsp3) is 0.0556. The molecule has 3 rings (SSSR count). The number of sulfonamides is 1. The molecule has 0 bridgehead atoms. The molecule has 0 aliphatic carbocycles. The summed E-state index contributed by atoms with van der Waals surface area (Å²) in [5.41, 5.74) is -0.147. The van der Waals surface area contributed by atoms with Crippen molar-refractivity contribution in [3.05, 3.63) is 64.7 Å². The van der Waals surface area contributed by atoms with E-state index in [0.717, 1.165) is 23.5 Å². The first kappa shape index (κ1) is 21.1. The van der Waals surface area contributed by atoms with Crippen LogP contribution in [0.15, 0.2) is 59.5 Å². The highest BCUT2D eigenvalue weighted by Crippen LogP contribution is 2.42. The number of benzene rings is 2. The van der Waals surface area contributed by atoms with Crippen molar-refractivity contribution < 1.29 is 32.7 Å². The number of nitro benzene ring substituents is 1. The largest absolute Gasteiger partial charge is 0.512 e. The molecule has 12 heteroatoms. The molecule has 0 saturated heterocycles. The SMILES string of the molecule is COc1ccc(S(=O)(=O)Nc2cc(-c3ccccc3)sc2OC(=O)O)c([N+](=O)[O-])c1. The van der Waals surface area contributed by atoms with Gasteiger partial charge < -0.3 is 14.6 Å². The summed E-state index contributed by atoms with van der Waals surface area (Å²) < 4.78 is 37.5. The Balaban J connectivity index is 2.05. The molecule has 10 nitrogen and oxygen atoms in total. The summed E-state index contributed by atoms with van der Waals surface area (Å²) in [5, 5.41) is 20.1. The van der Waals surface area contributed by atoms with E-state index in [9.17, 15) is 23.3 Å². The van der Waals surface area contributed by atoms with E-state index in [0.29, 0.717) is 10.4 Å². The molecule has 156 valence electrons. The molecule has 0 aliphatic heterocycles. The number of hydrogen-bond acceptors (Lipinski definition) is 8. The van der Waals surface area contributed by atoms with Gasteiger partial charge in [-0.25, -0.2) is 13.2 Å². The average molecular weight is 450 g/mol. The predicted molar refractivity (Wildman–Crippen MR) is 109 cm³/mol. The van der Waals surface area contributed by atoms with Gasteiger partial charge in [-0.05, 0) is 23.8 Å². The van der Waals surface area contributed by atoms with Gasteiger partial charge in [0.2, 0.25) is 5.06 Å². The molecule has 0 spiro atoms. The maximum absolute atomic E-state index is 12.9. The third-order valence-electron chi connectivity index (χ3n) is 3.83. The predicted octanol–water partition coefficient (Wildman–Crippen LogP) is 4.19. The lowest BCUT2D eigenvalue weighted by Crippen LogP contribution is -2.15. The standard InChI is InChI=1S/C18H14N2O8S2/c1-27-12-7-8-16(14(9-12)20(23)24)30(25,26)19-13-10-15(11-5-3-2-4-6-11)29-17(13)28-18(21)22/h2-10,19H,1H3,(H,21,22). The number of carbonyl (C=O) groups is 1. The second-order valence-electron chi connectivity index (χ2n) is 5.74. The van der Waals surface area contributed by atoms with E-state index < -0.39 is 31.7 Å². The minimum Gasteiger partial charge on any atom is -0.497 e. The third kappa shape index (κ3) is 4.50. The highest BCUT2D eigenvalue weighted by Gasteiger charge is 2.28. The number of nitrogens with zero attached hydrogens (tertiary/aromatic N) is 1. The first-order valence-electron chi connectivity index (χ1n) is 8.16. The van der Waals surface area contributed by atoms with Gasteiger partial charge >= 0.3 is 6.16 Å². The van der Waals surface area contributed by atoms with Gasteiger partial charge in [-0.1, -0.05) is 41.7 Å². The van der Waals surface area contributed by atoms with Crippen LogP contribution in [-0.2, 0) is 10.0 Å². The third-order valence-corrected chi connectivity index (χ3v) is 6.31. The minimum atomic E-state index is -4.45. The van der Waals surface area contributed by atoms with E-state index in [1.807, 2.05) is 0 Å². The van der Waals surface area contributed by atoms with E-state index >= 15 is 0 Å². The van der Waals surface area contributed by atoms with Crippen LogP contribution in [-0.4, -0.2) is 31.7 Å². The van der Waals surface area contributed by atoms with Gasteiger partial charge in [0.1, 0.15) is 11.4 Å². The van der Waals surface area contributed by atoms with Crippen molar-refractivity contribution in [2.75, 3.05) is 11.8 Å². The van der Waals surface area contributed by atoms with Crippen LogP contribution in [0.5, 0.6) is 10.8 Å². The zero-order chi connectivity index (χ0) is 21.9. The summed E-state index contributed by atoms with van der Waals surface area (Å²) in [4.78, 5) is 21.4. The number of rotatable bonds is 7. The summed E-state index contributed by atoms with van der Waals surface area (Å²) in [6, 6.07) is 13.5. The van der Waals surface area contributed by atoms with Crippen LogP contribution in [0.1, 0.15) is 0 Å². The second kappa shape index (κ2) is 8.39. The van der Waals surface area contributed by atoms with Crippen LogP contribution in [0.4, 0.5) is 16.2 Å². The molecule has 0 fully saturated rings. The van der Waals surface area contributed by atoms with Gasteiger partial charge in [0, 0.05) is 4.88 Å². The van der Waals surface area contributed by atoms with Gasteiger partial charge in [-0.2, -0.15) is 0 Å². The maximum Gasteiger partial charge on any atom is 0.512 e. The Morgan fingerprint density at radius 1 is 1.17 bits per heavy atom. The molecule has 0 saturated carbocycles. The summed E-state index contributed by atoms with van der Waals surface area (Å²) in [5.74, 6) is 0.109. The lowest BCUT2D eigenvalue weighted by Gasteiger charge is -2.09. The molecular weight excluding hydrogens is 436 g/mol. The van der Waals surface area contributed by atoms with Crippen LogP contribution >= 0.6 is 11.3 Å². The maximum atomic E-state index is 12.9. The summed E-state index contributed by atoms with van der Waals surface area (Å²) in [6.07, 6.45) is -1.63. The van der Waals surface area contributed by atoms with Crippen molar-refractivity contribution in [3.8, 4) is 21.3 Å². The van der Waals surface area contributed by atoms with E-state index in [-0.39, 0.29) is 16.5 Å². The van der Waals surface area contributed by atoms with Crippen molar-refractivity contribution in [2.45, 2.75) is 4.90 Å². The molecule has 0 amide bonds. The Morgan fingerprint density at radius 2 is 1.87 bits per heavy atom. The van der Waals surface area contributed by atoms with Gasteiger partial charge in [0.25, 0.3) is 15.7 Å². The molecule has 0 aliphatic rings. The zero-order valence-electron chi connectivity index (χ0n) is 15.3. The molecule has 0 atom stereocenters. The highest BCUT2D eigenvalue weighted by atomic mass is 32.2. The fourth-order valence-electron chi connectivity index (χ4n) is 2.54. The Morgan fingerprint density at radius 3 is 2.47 bits per heavy atom. The zero-order valence-corrected chi connectivity index (χ0v) is 16.9. The Hall–Kier alpha value is -3.64. The highest BCUT2D eigenvalue weighted by molar-refractivity contribution is 7.93. The van der Waals surface area contributed by atoms with Crippen LogP contribution in [0.25, 0.3) is 10.4 Å². The minimum absolute atomic E-state index is 0.109. The van der Waals surface area contributed by atoms with Crippen molar-refractivity contribution >= 4 is 38.9 Å². The van der Waals surface area contributed by atoms with Gasteiger partial charge in [-0.15, -0.1) is 0 Å². The number of methoxy groups -OCH3 is 1. The molecule has 1 heterocycles. The molecule has 1 aromatic heterocycles. The second-order valence-corrected chi connectivity index (χ2v) is 8.41. The number of nitro groups is 1. The van der Waals surface area contributed by atoms with Crippen LogP contribution in [0.3, 0.4) is 0 Å². The van der Waals surface area contributed by atoms with E-state index in [1.165, 1.54) is 19.2 Å². The van der Waals surface area contributed by atoms with E-state index in [1.54, 1.807) is 30.3 Å². The molecule has 30 heavy (non-hydrogen) atoms. The number of ether oxygens (including phenoxy) is 2. The average Bonchev–Trinajstić information content (AvgIpc) is 3.09. The van der Waals surface area contributed by atoms with Crippen LogP contribution in [0, 0.1) is 10.1 Å². The van der Waals surface area contributed by atoms with Crippen molar-refractivity contribution in [2.24, 2.45) is 0 Å². The number of anilines is 1. The summed E-state index contributed by atoms with van der Waals surface area (Å²) in [7, 11) is -3.17. The van der Waals surface area contributed by atoms with Crippen LogP contribution in [0.2, 0.25) is 0 Å². The topological polar surface area (TPSA) is 145 Å². The van der Waals surface area contributed by atoms with Gasteiger partial charge in [-0.3, -0.25) is 14.8 Å². The molecule has 0 radical (unpaired) electrons. The molecular formula is C18H14N2O8S2. The van der Waals surface area contributed by atoms with Crippen molar-refractivity contribution in [3.63, 3.8) is 0 Å². The lowest BCUT2D eigenvalue weighted by atomic mass is 10.2. The van der Waals surface area contributed by atoms with Gasteiger partial charge in [0.15, 0.2) is 4.90 Å². The molecule has 3 aromatic rings. The van der Waals surface area contributed by atoms with Crippen molar-refractivity contribution in [1.82, 2.24) is 0 Å². The van der Waals surface area contributed by atoms with Crippen LogP contribution < -0.4 is 14.2 Å². The molecule has 2 N–H and O–H groups in total. The number of nitrogens with one attached hydrogen (secondary N) is 1. The number of thiophene rings is 1. The van der Waals surface area contributed by atoms with E-state index in [2.05, 4.69) is 4.72 Å². The monoisotopic (exact) mass is 450 g/mol. The van der Waals surface area contributed by atoms with E-state index in [4.69, 9.17) is 14.6 Å². The smallest absolute Gasteiger partial charge is 0.497 e. The Kier molecular flexibility index (Phi) is 5.89. The lowest BCUT2D eigenvalue weighted by molar-refractivity contribution is -0.387. The number of hydrogen-bond donors (Lipinski definition) is 2. The first-order valence-corrected chi connectivity index (χ1v) is 10.5. The molecule has 0 unspecified atom stereocenters. The van der Waals surface area contributed by atoms with Gasteiger partial charge in [0.05, 0.1) is 18.1 Å². The first-order chi connectivity index (χ1) is 14.2.